The van der Waals surface area contributed by atoms with E-state index in [-0.39, 0.29) is 0 Å². The molecule has 3 N–H and O–H groups in total. The Bertz CT molecular complexity index is 945. The second kappa shape index (κ2) is 4.80. The van der Waals surface area contributed by atoms with Crippen LogP contribution in [0.15, 0.2) is 53.9 Å². The number of aromatic nitrogens is 2. The number of thiophene rings is 1. The number of hydrogen-bond acceptors (Lipinski definition) is 5. The van der Waals surface area contributed by atoms with Crippen LogP contribution in [0, 0.1) is 0 Å². The highest BCUT2D eigenvalue weighted by Crippen LogP contribution is 2.33. The predicted octanol–water partition coefficient (Wildman–Crippen LogP) is 3.80. The summed E-state index contributed by atoms with van der Waals surface area (Å²) in [5, 5.41) is 4.18. The van der Waals surface area contributed by atoms with Gasteiger partial charge in [-0.3, -0.25) is 0 Å². The number of hydrazine groups is 1. The smallest absolute Gasteiger partial charge is 0.163 e. The SMILES string of the molecule is NNc1nc(-c2csc3ccccc23)nc2ccccc12. The third-order valence-electron chi connectivity index (χ3n) is 3.46. The second-order valence-electron chi connectivity index (χ2n) is 4.70. The van der Waals surface area contributed by atoms with Crippen LogP contribution >= 0.6 is 11.3 Å². The normalized spacial score (nSPS) is 11.1. The molecule has 0 amide bonds. The van der Waals surface area contributed by atoms with Gasteiger partial charge in [-0.15, -0.1) is 11.3 Å². The van der Waals surface area contributed by atoms with Gasteiger partial charge in [-0.05, 0) is 18.2 Å². The van der Waals surface area contributed by atoms with Crippen molar-refractivity contribution in [2.75, 3.05) is 5.43 Å². The Morgan fingerprint density at radius 2 is 1.67 bits per heavy atom. The van der Waals surface area contributed by atoms with Crippen molar-refractivity contribution in [2.24, 2.45) is 5.84 Å². The third-order valence-corrected chi connectivity index (χ3v) is 4.43. The van der Waals surface area contributed by atoms with E-state index in [0.29, 0.717) is 11.6 Å². The zero-order valence-electron chi connectivity index (χ0n) is 11.1. The first-order valence-electron chi connectivity index (χ1n) is 6.57. The molecule has 2 aromatic heterocycles. The van der Waals surface area contributed by atoms with E-state index in [0.717, 1.165) is 16.5 Å². The van der Waals surface area contributed by atoms with E-state index in [1.165, 1.54) is 10.1 Å². The molecular weight excluding hydrogens is 280 g/mol. The van der Waals surface area contributed by atoms with Crippen molar-refractivity contribution in [3.05, 3.63) is 53.9 Å². The topological polar surface area (TPSA) is 63.8 Å². The second-order valence-corrected chi connectivity index (χ2v) is 5.61. The number of anilines is 1. The highest BCUT2D eigenvalue weighted by Gasteiger charge is 2.12. The summed E-state index contributed by atoms with van der Waals surface area (Å²) in [6, 6.07) is 16.1. The fourth-order valence-corrected chi connectivity index (χ4v) is 3.40. The minimum absolute atomic E-state index is 0.644. The fraction of sp³-hybridized carbons (Fsp3) is 0. The standard InChI is InChI=1S/C16H12N4S/c17-20-16-11-6-1-3-7-13(11)18-15(19-16)12-9-21-14-8-4-2-5-10(12)14/h1-9H,17H2,(H,18,19,20). The molecule has 0 atom stereocenters. The molecule has 0 unspecified atom stereocenters. The lowest BCUT2D eigenvalue weighted by Crippen LogP contribution is -2.10. The molecule has 0 bridgehead atoms. The van der Waals surface area contributed by atoms with Crippen LogP contribution in [0.3, 0.4) is 0 Å². The van der Waals surface area contributed by atoms with E-state index in [1.807, 2.05) is 36.4 Å². The molecule has 0 saturated heterocycles. The van der Waals surface area contributed by atoms with E-state index in [2.05, 4.69) is 32.9 Å². The maximum atomic E-state index is 5.61. The first kappa shape index (κ1) is 12.3. The Morgan fingerprint density at radius 3 is 2.52 bits per heavy atom. The van der Waals surface area contributed by atoms with Gasteiger partial charge in [-0.1, -0.05) is 30.3 Å². The number of nitrogens with two attached hydrogens (primary N) is 1. The Hall–Kier alpha value is -2.50. The zero-order valence-corrected chi connectivity index (χ0v) is 11.9. The van der Waals surface area contributed by atoms with Crippen LogP contribution in [-0.4, -0.2) is 9.97 Å². The maximum absolute atomic E-state index is 5.61. The number of nitrogens with one attached hydrogen (secondary N) is 1. The summed E-state index contributed by atoms with van der Waals surface area (Å²) in [7, 11) is 0. The Morgan fingerprint density at radius 1 is 0.905 bits per heavy atom. The lowest BCUT2D eigenvalue weighted by Gasteiger charge is -2.07. The zero-order chi connectivity index (χ0) is 14.2. The summed E-state index contributed by atoms with van der Waals surface area (Å²) >= 11 is 1.70. The van der Waals surface area contributed by atoms with Gasteiger partial charge in [0.15, 0.2) is 11.6 Å². The minimum atomic E-state index is 0.644. The van der Waals surface area contributed by atoms with Crippen LogP contribution in [0.5, 0.6) is 0 Å². The summed E-state index contributed by atoms with van der Waals surface area (Å²) in [6.07, 6.45) is 0. The van der Waals surface area contributed by atoms with Crippen LogP contribution in [0.25, 0.3) is 32.4 Å². The molecule has 0 fully saturated rings. The number of rotatable bonds is 2. The highest BCUT2D eigenvalue weighted by molar-refractivity contribution is 7.17. The molecule has 0 saturated carbocycles. The molecule has 21 heavy (non-hydrogen) atoms. The van der Waals surface area contributed by atoms with E-state index >= 15 is 0 Å². The molecular formula is C16H12N4S. The van der Waals surface area contributed by atoms with Crippen molar-refractivity contribution in [3.63, 3.8) is 0 Å². The Labute approximate surface area is 125 Å². The Balaban J connectivity index is 2.02. The van der Waals surface area contributed by atoms with Crippen molar-refractivity contribution >= 4 is 38.1 Å². The van der Waals surface area contributed by atoms with E-state index in [9.17, 15) is 0 Å². The number of nitrogens with zero attached hydrogens (tertiary/aromatic N) is 2. The number of nitrogen functional groups attached to an aromatic ring is 1. The predicted molar refractivity (Wildman–Crippen MR) is 88.2 cm³/mol. The first-order valence-corrected chi connectivity index (χ1v) is 7.45. The lowest BCUT2D eigenvalue weighted by atomic mass is 10.1. The average Bonchev–Trinajstić information content (AvgIpc) is 2.98. The average molecular weight is 292 g/mol. The summed E-state index contributed by atoms with van der Waals surface area (Å²) in [4.78, 5) is 9.25. The largest absolute Gasteiger partial charge is 0.308 e. The van der Waals surface area contributed by atoms with Crippen molar-refractivity contribution in [3.8, 4) is 11.4 Å². The van der Waals surface area contributed by atoms with Gasteiger partial charge in [-0.2, -0.15) is 0 Å². The van der Waals surface area contributed by atoms with Crippen LogP contribution < -0.4 is 11.3 Å². The monoisotopic (exact) mass is 292 g/mol. The molecule has 0 aliphatic rings. The molecule has 0 aliphatic carbocycles. The number of hydrogen-bond donors (Lipinski definition) is 2. The summed E-state index contributed by atoms with van der Waals surface area (Å²) in [5.74, 6) is 6.95. The quantitative estimate of drug-likeness (QED) is 0.436. The molecule has 2 heterocycles. The van der Waals surface area contributed by atoms with E-state index in [4.69, 9.17) is 5.84 Å². The molecule has 5 heteroatoms. The van der Waals surface area contributed by atoms with E-state index < -0.39 is 0 Å². The minimum Gasteiger partial charge on any atom is -0.308 e. The molecule has 0 spiro atoms. The van der Waals surface area contributed by atoms with E-state index in [1.54, 1.807) is 11.3 Å². The van der Waals surface area contributed by atoms with Crippen molar-refractivity contribution in [1.82, 2.24) is 9.97 Å². The van der Waals surface area contributed by atoms with Crippen molar-refractivity contribution in [2.45, 2.75) is 0 Å². The number of benzene rings is 2. The third kappa shape index (κ3) is 1.94. The number of fused-ring (bicyclic) bond motifs is 2. The maximum Gasteiger partial charge on any atom is 0.163 e. The summed E-state index contributed by atoms with van der Waals surface area (Å²) < 4.78 is 1.23. The lowest BCUT2D eigenvalue weighted by molar-refractivity contribution is 1.19. The highest BCUT2D eigenvalue weighted by atomic mass is 32.1. The fourth-order valence-electron chi connectivity index (χ4n) is 2.46. The molecule has 4 aromatic rings. The summed E-state index contributed by atoms with van der Waals surface area (Å²) in [6.45, 7) is 0. The van der Waals surface area contributed by atoms with Crippen LogP contribution in [0.1, 0.15) is 0 Å². The summed E-state index contributed by atoms with van der Waals surface area (Å²) in [5.41, 5.74) is 4.59. The van der Waals surface area contributed by atoms with Gasteiger partial charge in [-0.25, -0.2) is 15.8 Å². The molecule has 2 aromatic carbocycles. The van der Waals surface area contributed by atoms with Crippen LogP contribution in [-0.2, 0) is 0 Å². The van der Waals surface area contributed by atoms with Crippen LogP contribution in [0.4, 0.5) is 5.82 Å². The van der Waals surface area contributed by atoms with Gasteiger partial charge in [0.2, 0.25) is 0 Å². The van der Waals surface area contributed by atoms with Crippen LogP contribution in [0.2, 0.25) is 0 Å². The molecule has 4 rings (SSSR count). The first-order chi connectivity index (χ1) is 10.4. The van der Waals surface area contributed by atoms with Crippen molar-refractivity contribution in [1.29, 1.82) is 0 Å². The molecule has 4 nitrogen and oxygen atoms in total. The molecule has 0 aliphatic heterocycles. The Kier molecular flexibility index (Phi) is 2.80. The van der Waals surface area contributed by atoms with Gasteiger partial charge < -0.3 is 5.43 Å². The molecule has 0 radical (unpaired) electrons. The van der Waals surface area contributed by atoms with Gasteiger partial charge in [0.25, 0.3) is 0 Å². The van der Waals surface area contributed by atoms with Gasteiger partial charge in [0.05, 0.1) is 5.52 Å². The van der Waals surface area contributed by atoms with Gasteiger partial charge >= 0.3 is 0 Å². The number of para-hydroxylation sites is 1. The van der Waals surface area contributed by atoms with Gasteiger partial charge in [0.1, 0.15) is 0 Å². The van der Waals surface area contributed by atoms with Crippen molar-refractivity contribution < 1.29 is 0 Å². The molecule has 102 valence electrons. The van der Waals surface area contributed by atoms with Gasteiger partial charge in [0, 0.05) is 26.4 Å².